The van der Waals surface area contributed by atoms with Crippen LogP contribution in [0.5, 0.6) is 0 Å². The summed E-state index contributed by atoms with van der Waals surface area (Å²) in [7, 11) is 0. The van der Waals surface area contributed by atoms with Crippen molar-refractivity contribution in [3.8, 4) is 0 Å². The summed E-state index contributed by atoms with van der Waals surface area (Å²) in [5, 5.41) is 3.36. The van der Waals surface area contributed by atoms with Gasteiger partial charge in [0.15, 0.2) is 0 Å². The number of nitrogens with two attached hydrogens (primary N) is 1. The van der Waals surface area contributed by atoms with Gasteiger partial charge in [-0.05, 0) is 45.0 Å². The Labute approximate surface area is 119 Å². The molecule has 0 bridgehead atoms. The Balaban J connectivity index is 2.66. The SMILES string of the molecule is CCCN(CC(=O)Nc1cc(Cl)ccc1N)C(C)C. The number of carbonyl (C=O) groups excluding carboxylic acids is 1. The van der Waals surface area contributed by atoms with Crippen molar-refractivity contribution in [1.29, 1.82) is 0 Å². The Bertz CT molecular complexity index is 435. The zero-order chi connectivity index (χ0) is 14.4. The van der Waals surface area contributed by atoms with Crippen molar-refractivity contribution in [2.75, 3.05) is 24.1 Å². The largest absolute Gasteiger partial charge is 0.397 e. The molecule has 0 saturated carbocycles. The van der Waals surface area contributed by atoms with Crippen LogP contribution in [-0.4, -0.2) is 29.9 Å². The van der Waals surface area contributed by atoms with E-state index in [1.54, 1.807) is 18.2 Å². The fourth-order valence-electron chi connectivity index (χ4n) is 1.82. The third-order valence-electron chi connectivity index (χ3n) is 2.88. The highest BCUT2D eigenvalue weighted by Crippen LogP contribution is 2.22. The number of amides is 1. The van der Waals surface area contributed by atoms with E-state index in [2.05, 4.69) is 31.0 Å². The van der Waals surface area contributed by atoms with Crippen molar-refractivity contribution in [1.82, 2.24) is 4.90 Å². The van der Waals surface area contributed by atoms with Crippen LogP contribution in [0.3, 0.4) is 0 Å². The zero-order valence-electron chi connectivity index (χ0n) is 11.7. The van der Waals surface area contributed by atoms with Gasteiger partial charge in [0.2, 0.25) is 5.91 Å². The molecule has 0 aliphatic rings. The summed E-state index contributed by atoms with van der Waals surface area (Å²) < 4.78 is 0. The molecule has 0 saturated heterocycles. The number of nitrogen functional groups attached to an aromatic ring is 1. The van der Waals surface area contributed by atoms with E-state index in [1.165, 1.54) is 0 Å². The van der Waals surface area contributed by atoms with Crippen LogP contribution in [0.25, 0.3) is 0 Å². The molecule has 19 heavy (non-hydrogen) atoms. The van der Waals surface area contributed by atoms with Gasteiger partial charge in [0, 0.05) is 11.1 Å². The van der Waals surface area contributed by atoms with Crippen LogP contribution >= 0.6 is 11.6 Å². The summed E-state index contributed by atoms with van der Waals surface area (Å²) in [6.07, 6.45) is 1.02. The Morgan fingerprint density at radius 3 is 2.74 bits per heavy atom. The van der Waals surface area contributed by atoms with Gasteiger partial charge in [0.1, 0.15) is 0 Å². The highest BCUT2D eigenvalue weighted by molar-refractivity contribution is 6.31. The first kappa shape index (κ1) is 15.8. The van der Waals surface area contributed by atoms with E-state index in [0.717, 1.165) is 13.0 Å². The minimum atomic E-state index is -0.0730. The molecule has 0 radical (unpaired) electrons. The lowest BCUT2D eigenvalue weighted by atomic mass is 10.2. The number of nitrogens with one attached hydrogen (secondary N) is 1. The lowest BCUT2D eigenvalue weighted by Crippen LogP contribution is -2.38. The molecule has 4 nitrogen and oxygen atoms in total. The van der Waals surface area contributed by atoms with Crippen LogP contribution < -0.4 is 11.1 Å². The molecule has 1 aromatic carbocycles. The predicted molar refractivity (Wildman–Crippen MR) is 81.5 cm³/mol. The fourth-order valence-corrected chi connectivity index (χ4v) is 1.99. The summed E-state index contributed by atoms with van der Waals surface area (Å²) >= 11 is 5.89. The number of nitrogens with zero attached hydrogens (tertiary/aromatic N) is 1. The van der Waals surface area contributed by atoms with Gasteiger partial charge < -0.3 is 11.1 Å². The van der Waals surface area contributed by atoms with E-state index in [4.69, 9.17) is 17.3 Å². The number of benzene rings is 1. The summed E-state index contributed by atoms with van der Waals surface area (Å²) in [5.74, 6) is -0.0730. The molecule has 5 heteroatoms. The van der Waals surface area contributed by atoms with Crippen molar-refractivity contribution < 1.29 is 4.79 Å². The lowest BCUT2D eigenvalue weighted by Gasteiger charge is -2.25. The molecule has 0 atom stereocenters. The smallest absolute Gasteiger partial charge is 0.238 e. The van der Waals surface area contributed by atoms with Crippen molar-refractivity contribution in [3.05, 3.63) is 23.2 Å². The number of hydrogen-bond donors (Lipinski definition) is 2. The molecular weight excluding hydrogens is 262 g/mol. The highest BCUT2D eigenvalue weighted by atomic mass is 35.5. The van der Waals surface area contributed by atoms with Gasteiger partial charge in [-0.2, -0.15) is 0 Å². The molecule has 1 amide bonds. The third-order valence-corrected chi connectivity index (χ3v) is 3.11. The molecule has 0 heterocycles. The first-order valence-corrected chi connectivity index (χ1v) is 6.90. The number of rotatable bonds is 6. The predicted octanol–water partition coefficient (Wildman–Crippen LogP) is 2.98. The quantitative estimate of drug-likeness (QED) is 0.789. The Hall–Kier alpha value is -1.26. The van der Waals surface area contributed by atoms with E-state index < -0.39 is 0 Å². The summed E-state index contributed by atoms with van der Waals surface area (Å²) in [6.45, 7) is 7.52. The molecule has 106 valence electrons. The minimum absolute atomic E-state index is 0.0730. The minimum Gasteiger partial charge on any atom is -0.397 e. The third kappa shape index (κ3) is 5.09. The average Bonchev–Trinajstić information content (AvgIpc) is 2.33. The van der Waals surface area contributed by atoms with Crippen LogP contribution in [-0.2, 0) is 4.79 Å². The summed E-state index contributed by atoms with van der Waals surface area (Å²) in [6, 6.07) is 5.38. The number of carbonyl (C=O) groups is 1. The topological polar surface area (TPSA) is 58.4 Å². The molecule has 0 aromatic heterocycles. The number of anilines is 2. The molecule has 0 unspecified atom stereocenters. The van der Waals surface area contributed by atoms with E-state index in [9.17, 15) is 4.79 Å². The van der Waals surface area contributed by atoms with Crippen molar-refractivity contribution in [2.45, 2.75) is 33.2 Å². The molecule has 0 fully saturated rings. The van der Waals surface area contributed by atoms with E-state index in [1.807, 2.05) is 0 Å². The second-order valence-electron chi connectivity index (χ2n) is 4.84. The average molecular weight is 284 g/mol. The highest BCUT2D eigenvalue weighted by Gasteiger charge is 2.14. The number of halogens is 1. The molecule has 0 aliphatic heterocycles. The molecule has 0 spiro atoms. The van der Waals surface area contributed by atoms with Gasteiger partial charge >= 0.3 is 0 Å². The molecule has 1 rings (SSSR count). The Morgan fingerprint density at radius 1 is 1.47 bits per heavy atom. The number of hydrogen-bond acceptors (Lipinski definition) is 3. The van der Waals surface area contributed by atoms with E-state index >= 15 is 0 Å². The maximum absolute atomic E-state index is 12.0. The second-order valence-corrected chi connectivity index (χ2v) is 5.28. The summed E-state index contributed by atoms with van der Waals surface area (Å²) in [5.41, 5.74) is 6.89. The van der Waals surface area contributed by atoms with Crippen molar-refractivity contribution in [2.24, 2.45) is 0 Å². The van der Waals surface area contributed by atoms with Gasteiger partial charge in [-0.25, -0.2) is 0 Å². The van der Waals surface area contributed by atoms with Crippen LogP contribution in [0.15, 0.2) is 18.2 Å². The van der Waals surface area contributed by atoms with Crippen molar-refractivity contribution >= 4 is 28.9 Å². The van der Waals surface area contributed by atoms with Crippen LogP contribution in [0.4, 0.5) is 11.4 Å². The van der Waals surface area contributed by atoms with Gasteiger partial charge in [-0.1, -0.05) is 18.5 Å². The van der Waals surface area contributed by atoms with Crippen LogP contribution in [0, 0.1) is 0 Å². The van der Waals surface area contributed by atoms with E-state index in [0.29, 0.717) is 29.0 Å². The molecule has 1 aromatic rings. The van der Waals surface area contributed by atoms with Gasteiger partial charge in [-0.3, -0.25) is 9.69 Å². The van der Waals surface area contributed by atoms with Gasteiger partial charge in [0.05, 0.1) is 17.9 Å². The maximum atomic E-state index is 12.0. The fraction of sp³-hybridized carbons (Fsp3) is 0.500. The second kappa shape index (κ2) is 7.36. The van der Waals surface area contributed by atoms with Gasteiger partial charge in [-0.15, -0.1) is 0 Å². The molecule has 3 N–H and O–H groups in total. The first-order chi connectivity index (χ1) is 8.93. The lowest BCUT2D eigenvalue weighted by molar-refractivity contribution is -0.117. The molecule has 0 aliphatic carbocycles. The van der Waals surface area contributed by atoms with Crippen LogP contribution in [0.2, 0.25) is 5.02 Å². The van der Waals surface area contributed by atoms with Crippen molar-refractivity contribution in [3.63, 3.8) is 0 Å². The Morgan fingerprint density at radius 2 is 2.16 bits per heavy atom. The first-order valence-electron chi connectivity index (χ1n) is 6.53. The normalized spacial score (nSPS) is 11.1. The Kier molecular flexibility index (Phi) is 6.12. The van der Waals surface area contributed by atoms with E-state index in [-0.39, 0.29) is 5.91 Å². The summed E-state index contributed by atoms with van der Waals surface area (Å²) in [4.78, 5) is 14.1. The van der Waals surface area contributed by atoms with Gasteiger partial charge in [0.25, 0.3) is 0 Å². The zero-order valence-corrected chi connectivity index (χ0v) is 12.5. The maximum Gasteiger partial charge on any atom is 0.238 e. The standard InChI is InChI=1S/C14H22ClN3O/c1-4-7-18(10(2)3)9-14(19)17-13-8-11(15)5-6-12(13)16/h5-6,8,10H,4,7,9,16H2,1-3H3,(H,17,19). The molecular formula is C14H22ClN3O. The monoisotopic (exact) mass is 283 g/mol. The van der Waals surface area contributed by atoms with Crippen LogP contribution in [0.1, 0.15) is 27.2 Å².